The van der Waals surface area contributed by atoms with Gasteiger partial charge >= 0.3 is 5.97 Å². The number of esters is 1. The van der Waals surface area contributed by atoms with Crippen molar-refractivity contribution in [1.29, 1.82) is 0 Å². The summed E-state index contributed by atoms with van der Waals surface area (Å²) in [4.78, 5) is 11.1. The van der Waals surface area contributed by atoms with Crippen LogP contribution in [0.4, 0.5) is 0 Å². The maximum atomic E-state index is 11.1. The van der Waals surface area contributed by atoms with Crippen LogP contribution in [0.5, 0.6) is 11.5 Å². The van der Waals surface area contributed by atoms with Gasteiger partial charge in [-0.1, -0.05) is 6.92 Å². The molecule has 0 aliphatic carbocycles. The van der Waals surface area contributed by atoms with Crippen LogP contribution >= 0.6 is 0 Å². The zero-order valence-electron chi connectivity index (χ0n) is 11.2. The van der Waals surface area contributed by atoms with Crippen molar-refractivity contribution in [3.63, 3.8) is 0 Å². The fourth-order valence-electron chi connectivity index (χ4n) is 1.60. The Kier molecular flexibility index (Phi) is 6.05. The summed E-state index contributed by atoms with van der Waals surface area (Å²) in [5.41, 5.74) is 0.955. The average Bonchev–Trinajstić information content (AvgIpc) is 2.42. The van der Waals surface area contributed by atoms with Gasteiger partial charge in [-0.25, -0.2) is 0 Å². The smallest absolute Gasteiger partial charge is 0.305 e. The minimum Gasteiger partial charge on any atom is -0.496 e. The summed E-state index contributed by atoms with van der Waals surface area (Å²) >= 11 is 0. The Morgan fingerprint density at radius 1 is 1.28 bits per heavy atom. The minimum atomic E-state index is -0.225. The zero-order chi connectivity index (χ0) is 13.4. The van der Waals surface area contributed by atoms with E-state index in [4.69, 9.17) is 9.47 Å². The molecule has 100 valence electrons. The SMILES string of the molecule is CCCOc1ccc(OC)c(CCC(=O)OC)c1. The first-order valence-corrected chi connectivity index (χ1v) is 6.07. The Hall–Kier alpha value is -1.71. The lowest BCUT2D eigenvalue weighted by molar-refractivity contribution is -0.140. The van der Waals surface area contributed by atoms with E-state index in [0.29, 0.717) is 19.4 Å². The van der Waals surface area contributed by atoms with Crippen molar-refractivity contribution >= 4 is 5.97 Å². The van der Waals surface area contributed by atoms with Gasteiger partial charge < -0.3 is 14.2 Å². The molecular formula is C14H20O4. The van der Waals surface area contributed by atoms with E-state index < -0.39 is 0 Å². The molecule has 1 aromatic carbocycles. The van der Waals surface area contributed by atoms with Gasteiger partial charge in [0, 0.05) is 6.42 Å². The third-order valence-electron chi connectivity index (χ3n) is 2.55. The molecule has 0 saturated heterocycles. The summed E-state index contributed by atoms with van der Waals surface area (Å²) in [6.07, 6.45) is 1.88. The van der Waals surface area contributed by atoms with Crippen LogP contribution in [0.2, 0.25) is 0 Å². The van der Waals surface area contributed by atoms with Crippen molar-refractivity contribution in [2.75, 3.05) is 20.8 Å². The van der Waals surface area contributed by atoms with Gasteiger partial charge in [0.05, 0.1) is 20.8 Å². The highest BCUT2D eigenvalue weighted by molar-refractivity contribution is 5.69. The number of ether oxygens (including phenoxy) is 3. The quantitative estimate of drug-likeness (QED) is 0.700. The van der Waals surface area contributed by atoms with E-state index in [2.05, 4.69) is 11.7 Å². The predicted molar refractivity (Wildman–Crippen MR) is 69.1 cm³/mol. The van der Waals surface area contributed by atoms with E-state index in [9.17, 15) is 4.79 Å². The summed E-state index contributed by atoms with van der Waals surface area (Å²) in [6, 6.07) is 5.64. The Bertz CT molecular complexity index is 387. The van der Waals surface area contributed by atoms with Gasteiger partial charge in [0.2, 0.25) is 0 Å². The highest BCUT2D eigenvalue weighted by Crippen LogP contribution is 2.25. The molecule has 0 aromatic heterocycles. The van der Waals surface area contributed by atoms with Crippen LogP contribution in [0, 0.1) is 0 Å². The molecule has 0 radical (unpaired) electrons. The highest BCUT2D eigenvalue weighted by atomic mass is 16.5. The topological polar surface area (TPSA) is 44.8 Å². The number of benzene rings is 1. The molecule has 0 aliphatic heterocycles. The second-order valence-corrected chi connectivity index (χ2v) is 3.90. The van der Waals surface area contributed by atoms with E-state index in [1.165, 1.54) is 7.11 Å². The fourth-order valence-corrected chi connectivity index (χ4v) is 1.60. The van der Waals surface area contributed by atoms with Gasteiger partial charge in [-0.3, -0.25) is 4.79 Å². The standard InChI is InChI=1S/C14H20O4/c1-4-9-18-12-6-7-13(16-2)11(10-12)5-8-14(15)17-3/h6-7,10H,4-5,8-9H2,1-3H3. The lowest BCUT2D eigenvalue weighted by Gasteiger charge is -2.11. The largest absolute Gasteiger partial charge is 0.496 e. The molecular weight excluding hydrogens is 232 g/mol. The van der Waals surface area contributed by atoms with Crippen molar-refractivity contribution in [2.45, 2.75) is 26.2 Å². The van der Waals surface area contributed by atoms with Crippen molar-refractivity contribution in [1.82, 2.24) is 0 Å². The summed E-state index contributed by atoms with van der Waals surface area (Å²) in [7, 11) is 3.00. The fraction of sp³-hybridized carbons (Fsp3) is 0.500. The van der Waals surface area contributed by atoms with Gasteiger partial charge in [-0.2, -0.15) is 0 Å². The molecule has 0 spiro atoms. The van der Waals surface area contributed by atoms with Gasteiger partial charge in [0.1, 0.15) is 11.5 Å². The average molecular weight is 252 g/mol. The summed E-state index contributed by atoms with van der Waals surface area (Å²) in [6.45, 7) is 2.74. The molecule has 0 unspecified atom stereocenters. The van der Waals surface area contributed by atoms with Crippen LogP contribution in [-0.2, 0) is 16.0 Å². The van der Waals surface area contributed by atoms with E-state index in [0.717, 1.165) is 23.5 Å². The number of aryl methyl sites for hydroxylation is 1. The summed E-state index contributed by atoms with van der Waals surface area (Å²) in [5.74, 6) is 1.34. The van der Waals surface area contributed by atoms with Gasteiger partial charge in [-0.15, -0.1) is 0 Å². The van der Waals surface area contributed by atoms with Crippen LogP contribution in [-0.4, -0.2) is 26.8 Å². The van der Waals surface area contributed by atoms with E-state index in [-0.39, 0.29) is 5.97 Å². The zero-order valence-corrected chi connectivity index (χ0v) is 11.2. The molecule has 0 aliphatic rings. The summed E-state index contributed by atoms with van der Waals surface area (Å²) < 4.78 is 15.4. The number of carbonyl (C=O) groups is 1. The Balaban J connectivity index is 2.74. The van der Waals surface area contributed by atoms with Crippen LogP contribution in [0.15, 0.2) is 18.2 Å². The monoisotopic (exact) mass is 252 g/mol. The van der Waals surface area contributed by atoms with Crippen LogP contribution in [0.3, 0.4) is 0 Å². The van der Waals surface area contributed by atoms with Crippen molar-refractivity contribution in [3.05, 3.63) is 23.8 Å². The van der Waals surface area contributed by atoms with Crippen molar-refractivity contribution < 1.29 is 19.0 Å². The normalized spacial score (nSPS) is 9.94. The molecule has 1 aromatic rings. The van der Waals surface area contributed by atoms with E-state index >= 15 is 0 Å². The van der Waals surface area contributed by atoms with Gasteiger partial charge in [0.15, 0.2) is 0 Å². The number of hydrogen-bond donors (Lipinski definition) is 0. The number of carbonyl (C=O) groups excluding carboxylic acids is 1. The molecule has 18 heavy (non-hydrogen) atoms. The Morgan fingerprint density at radius 2 is 2.06 bits per heavy atom. The molecule has 0 fully saturated rings. The lowest BCUT2D eigenvalue weighted by atomic mass is 10.1. The molecule has 1 rings (SSSR count). The first-order valence-electron chi connectivity index (χ1n) is 6.07. The van der Waals surface area contributed by atoms with Crippen LogP contribution in [0.1, 0.15) is 25.3 Å². The van der Waals surface area contributed by atoms with Gasteiger partial charge in [-0.05, 0) is 36.6 Å². The summed E-state index contributed by atoms with van der Waals surface area (Å²) in [5, 5.41) is 0. The Morgan fingerprint density at radius 3 is 2.67 bits per heavy atom. The van der Waals surface area contributed by atoms with Gasteiger partial charge in [0.25, 0.3) is 0 Å². The lowest BCUT2D eigenvalue weighted by Crippen LogP contribution is -2.03. The minimum absolute atomic E-state index is 0.225. The first kappa shape index (κ1) is 14.4. The number of methoxy groups -OCH3 is 2. The third-order valence-corrected chi connectivity index (χ3v) is 2.55. The molecule has 0 amide bonds. The highest BCUT2D eigenvalue weighted by Gasteiger charge is 2.08. The Labute approximate surface area is 108 Å². The van der Waals surface area contributed by atoms with E-state index in [1.807, 2.05) is 18.2 Å². The predicted octanol–water partition coefficient (Wildman–Crippen LogP) is 2.59. The molecule has 0 N–H and O–H groups in total. The molecule has 0 bridgehead atoms. The van der Waals surface area contributed by atoms with Crippen molar-refractivity contribution in [3.8, 4) is 11.5 Å². The second-order valence-electron chi connectivity index (χ2n) is 3.90. The second kappa shape index (κ2) is 7.58. The third kappa shape index (κ3) is 4.28. The molecule has 0 saturated carbocycles. The van der Waals surface area contributed by atoms with E-state index in [1.54, 1.807) is 7.11 Å². The number of hydrogen-bond acceptors (Lipinski definition) is 4. The van der Waals surface area contributed by atoms with Crippen molar-refractivity contribution in [2.24, 2.45) is 0 Å². The maximum absolute atomic E-state index is 11.1. The van der Waals surface area contributed by atoms with Crippen LogP contribution in [0.25, 0.3) is 0 Å². The van der Waals surface area contributed by atoms with Crippen LogP contribution < -0.4 is 9.47 Å². The molecule has 4 nitrogen and oxygen atoms in total. The molecule has 4 heteroatoms. The molecule has 0 heterocycles. The first-order chi connectivity index (χ1) is 8.71. The maximum Gasteiger partial charge on any atom is 0.305 e. The molecule has 0 atom stereocenters. The number of rotatable bonds is 7.